The molecule has 7 heteroatoms. The summed E-state index contributed by atoms with van der Waals surface area (Å²) < 4.78 is 10.1. The molecule has 3 aromatic rings. The summed E-state index contributed by atoms with van der Waals surface area (Å²) in [6, 6.07) is 17.9. The van der Waals surface area contributed by atoms with Crippen LogP contribution >= 0.6 is 32.3 Å². The highest BCUT2D eigenvalue weighted by Crippen LogP contribution is 2.42. The van der Waals surface area contributed by atoms with Crippen molar-refractivity contribution < 1.29 is 4.74 Å². The highest BCUT2D eigenvalue weighted by atomic mass is 127. The largest absolute Gasteiger partial charge is 0.403 e. The van der Waals surface area contributed by atoms with Crippen molar-refractivity contribution >= 4 is 48.1 Å². The first-order chi connectivity index (χ1) is 17.6. The fourth-order valence-electron chi connectivity index (χ4n) is 4.89. The fraction of sp³-hybridized carbons (Fsp3) is 0.310. The van der Waals surface area contributed by atoms with Crippen LogP contribution in [0.5, 0.6) is 0 Å². The molecule has 0 amide bonds. The van der Waals surface area contributed by atoms with E-state index in [-0.39, 0.29) is 26.1 Å². The first-order valence-electron chi connectivity index (χ1n) is 12.4. The zero-order valence-corrected chi connectivity index (χ0v) is 23.5. The number of imidazole rings is 1. The molecule has 0 spiro atoms. The molecule has 1 aromatic heterocycles. The minimum atomic E-state index is -0.301. The number of aromatic nitrogens is 2. The van der Waals surface area contributed by atoms with Gasteiger partial charge in [0.05, 0.1) is 23.4 Å². The van der Waals surface area contributed by atoms with E-state index in [0.717, 1.165) is 48.8 Å². The Morgan fingerprint density at radius 3 is 2.72 bits per heavy atom. The van der Waals surface area contributed by atoms with E-state index in [1.807, 2.05) is 13.1 Å². The second-order valence-electron chi connectivity index (χ2n) is 9.22. The maximum Gasteiger partial charge on any atom is 0.117 e. The van der Waals surface area contributed by atoms with Crippen LogP contribution in [0.1, 0.15) is 53.7 Å². The predicted molar refractivity (Wildman–Crippen MR) is 159 cm³/mol. The molecule has 5 nitrogen and oxygen atoms in total. The van der Waals surface area contributed by atoms with Crippen LogP contribution in [0.2, 0.25) is 0 Å². The zero-order valence-electron chi connectivity index (χ0n) is 20.6. The average molecular weight is 615 g/mol. The van der Waals surface area contributed by atoms with Crippen LogP contribution in [0.3, 0.4) is 0 Å². The highest BCUT2D eigenvalue weighted by molar-refractivity contribution is 14.2. The molecule has 1 aliphatic heterocycles. The van der Waals surface area contributed by atoms with Crippen LogP contribution in [-0.4, -0.2) is 39.4 Å². The molecule has 2 aromatic carbocycles. The van der Waals surface area contributed by atoms with Crippen LogP contribution in [0, 0.1) is 3.57 Å². The molecule has 5 rings (SSSR count). The van der Waals surface area contributed by atoms with E-state index in [1.54, 1.807) is 13.3 Å². The van der Waals surface area contributed by atoms with Gasteiger partial charge in [-0.3, -0.25) is 0 Å². The molecule has 2 heterocycles. The van der Waals surface area contributed by atoms with Crippen LogP contribution in [0.25, 0.3) is 23.5 Å². The van der Waals surface area contributed by atoms with E-state index in [2.05, 4.69) is 70.6 Å². The summed E-state index contributed by atoms with van der Waals surface area (Å²) in [7, 11) is 1.73. The van der Waals surface area contributed by atoms with E-state index >= 15 is 0 Å². The number of benzene rings is 2. The van der Waals surface area contributed by atoms with E-state index < -0.39 is 0 Å². The molecule has 1 aliphatic carbocycles. The molecule has 1 fully saturated rings. The number of rotatable bonds is 9. The van der Waals surface area contributed by atoms with E-state index in [1.165, 1.54) is 18.2 Å². The highest BCUT2D eigenvalue weighted by Gasteiger charge is 2.35. The first-order valence-corrected chi connectivity index (χ1v) is 14.9. The van der Waals surface area contributed by atoms with Gasteiger partial charge in [0.25, 0.3) is 0 Å². The molecule has 1 atom stereocenters. The summed E-state index contributed by atoms with van der Waals surface area (Å²) >= 11 is 6.47. The Balaban J connectivity index is 1.49. The molecular formula is C29H32ClIN4O. The Morgan fingerprint density at radius 1 is 1.19 bits per heavy atom. The van der Waals surface area contributed by atoms with Crippen molar-refractivity contribution in [2.24, 2.45) is 5.73 Å². The number of allylic oxidation sites excluding steroid dienone is 1. The Hall–Kier alpha value is -2.26. The van der Waals surface area contributed by atoms with Crippen LogP contribution in [0.15, 0.2) is 60.8 Å². The van der Waals surface area contributed by atoms with E-state index in [0.29, 0.717) is 12.0 Å². The quantitative estimate of drug-likeness (QED) is 0.174. The number of ether oxygens (including phenoxy) is 1. The average Bonchev–Trinajstić information content (AvgIpc) is 3.24. The summed E-state index contributed by atoms with van der Waals surface area (Å²) in [5, 5.41) is 3.36. The van der Waals surface area contributed by atoms with Gasteiger partial charge in [-0.2, -0.15) is 0 Å². The summed E-state index contributed by atoms with van der Waals surface area (Å²) in [6.45, 7) is 3.61. The van der Waals surface area contributed by atoms with Crippen molar-refractivity contribution in [2.75, 3.05) is 20.3 Å². The SMILES string of the molecule is COCCNC1CC(c2nc(-c3ccc4c(c3)I=C(c3ccccc3)C=C4)c(C(C)Cl)n2/C=C\N)C1. The number of nitrogens with one attached hydrogen (secondary N) is 1. The van der Waals surface area contributed by atoms with Gasteiger partial charge < -0.3 is 20.4 Å². The van der Waals surface area contributed by atoms with E-state index in [4.69, 9.17) is 27.1 Å². The molecule has 0 saturated heterocycles. The van der Waals surface area contributed by atoms with Crippen molar-refractivity contribution in [2.45, 2.75) is 37.1 Å². The molecule has 2 aliphatic rings. The number of nitrogens with zero attached hydrogens (tertiary/aromatic N) is 2. The number of halogens is 2. The minimum Gasteiger partial charge on any atom is -0.403 e. The molecule has 36 heavy (non-hydrogen) atoms. The topological polar surface area (TPSA) is 65.1 Å². The Bertz CT molecular complexity index is 1310. The van der Waals surface area contributed by atoms with Crippen LogP contribution in [0.4, 0.5) is 0 Å². The number of fused-ring (bicyclic) bond motifs is 1. The Kier molecular flexibility index (Phi) is 8.06. The smallest absolute Gasteiger partial charge is 0.117 e. The van der Waals surface area contributed by atoms with Crippen molar-refractivity contribution in [3.8, 4) is 11.3 Å². The lowest BCUT2D eigenvalue weighted by molar-refractivity contribution is 0.183. The van der Waals surface area contributed by atoms with Gasteiger partial charge in [0.2, 0.25) is 0 Å². The number of hydrogen-bond acceptors (Lipinski definition) is 4. The van der Waals surface area contributed by atoms with Crippen molar-refractivity contribution in [1.29, 1.82) is 0 Å². The normalized spacial score (nSPS) is 19.9. The zero-order chi connectivity index (χ0) is 25.1. The fourth-order valence-corrected chi connectivity index (χ4v) is 7.92. The van der Waals surface area contributed by atoms with Crippen molar-refractivity contribution in [3.05, 3.63) is 87.0 Å². The third-order valence-corrected chi connectivity index (χ3v) is 10.1. The summed E-state index contributed by atoms with van der Waals surface area (Å²) in [4.78, 5) is 5.21. The lowest BCUT2D eigenvalue weighted by Crippen LogP contribution is -2.42. The summed E-state index contributed by atoms with van der Waals surface area (Å²) in [6.07, 6.45) is 10.1. The van der Waals surface area contributed by atoms with Gasteiger partial charge in [-0.15, -0.1) is 11.6 Å². The standard InChI is InChI=1S/C29H32ClIN4O/c1-19(30)28-27(34-29(35(28)14-12-32)23-16-24(17-23)33-13-15-36-2)22-9-8-21-10-11-25(31-26(21)18-22)20-6-4-3-5-7-20/h3-12,14,18-19,23-24,33H,13,15-17,32H2,1-2H3/b14-12-. The lowest BCUT2D eigenvalue weighted by Gasteiger charge is -2.35. The predicted octanol–water partition coefficient (Wildman–Crippen LogP) is 6.11. The Morgan fingerprint density at radius 2 is 2.00 bits per heavy atom. The van der Waals surface area contributed by atoms with Gasteiger partial charge in [0, 0.05) is 50.7 Å². The maximum absolute atomic E-state index is 6.77. The summed E-state index contributed by atoms with van der Waals surface area (Å²) in [5.74, 6) is 1.41. The molecule has 1 saturated carbocycles. The van der Waals surface area contributed by atoms with Gasteiger partial charge in [-0.05, 0) is 43.0 Å². The molecular weight excluding hydrogens is 583 g/mol. The van der Waals surface area contributed by atoms with Crippen molar-refractivity contribution in [1.82, 2.24) is 14.9 Å². The molecule has 3 N–H and O–H groups in total. The van der Waals surface area contributed by atoms with Gasteiger partial charge in [-0.1, -0.05) is 69.3 Å². The van der Waals surface area contributed by atoms with Gasteiger partial charge in [-0.25, -0.2) is 4.98 Å². The lowest BCUT2D eigenvalue weighted by atomic mass is 9.79. The number of hydrogen-bond donors (Lipinski definition) is 2. The molecule has 0 radical (unpaired) electrons. The van der Waals surface area contributed by atoms with Crippen LogP contribution in [-0.2, 0) is 4.74 Å². The number of methoxy groups -OCH3 is 1. The van der Waals surface area contributed by atoms with Crippen LogP contribution < -0.4 is 11.1 Å². The third kappa shape index (κ3) is 5.23. The third-order valence-electron chi connectivity index (χ3n) is 6.77. The molecule has 1 unspecified atom stereocenters. The van der Waals surface area contributed by atoms with Gasteiger partial charge in [0.1, 0.15) is 5.82 Å². The Labute approximate surface area is 228 Å². The maximum atomic E-state index is 6.77. The first kappa shape index (κ1) is 25.4. The van der Waals surface area contributed by atoms with Gasteiger partial charge in [0.15, 0.2) is 0 Å². The van der Waals surface area contributed by atoms with Gasteiger partial charge >= 0.3 is 0 Å². The number of alkyl halides is 1. The monoisotopic (exact) mass is 614 g/mol. The number of nitrogens with two attached hydrogens (primary N) is 1. The molecule has 0 bridgehead atoms. The summed E-state index contributed by atoms with van der Waals surface area (Å²) in [5.41, 5.74) is 11.6. The molecule has 188 valence electrons. The van der Waals surface area contributed by atoms with Crippen molar-refractivity contribution in [3.63, 3.8) is 0 Å². The second-order valence-corrected chi connectivity index (χ2v) is 12.7. The minimum absolute atomic E-state index is 0.204. The van der Waals surface area contributed by atoms with E-state index in [9.17, 15) is 0 Å². The second kappa shape index (κ2) is 11.4.